The van der Waals surface area contributed by atoms with Crippen LogP contribution in [0.1, 0.15) is 23.7 Å². The molecule has 22 heavy (non-hydrogen) atoms. The minimum Gasteiger partial charge on any atom is -0.326 e. The summed E-state index contributed by atoms with van der Waals surface area (Å²) in [5, 5.41) is 6.20. The van der Waals surface area contributed by atoms with E-state index >= 15 is 0 Å². The van der Waals surface area contributed by atoms with Gasteiger partial charge in [0.1, 0.15) is 0 Å². The van der Waals surface area contributed by atoms with Crippen molar-refractivity contribution in [3.05, 3.63) is 58.1 Å². The third kappa shape index (κ3) is 4.23. The number of nitrogens with one attached hydrogen (secondary N) is 2. The number of halogens is 2. The summed E-state index contributed by atoms with van der Waals surface area (Å²) in [5.74, 6) is -0.440. The molecule has 2 aromatic carbocycles. The van der Waals surface area contributed by atoms with Gasteiger partial charge in [0.25, 0.3) is 5.91 Å². The van der Waals surface area contributed by atoms with Gasteiger partial charge < -0.3 is 10.6 Å². The van der Waals surface area contributed by atoms with E-state index in [1.807, 2.05) is 0 Å². The van der Waals surface area contributed by atoms with E-state index in [-0.39, 0.29) is 16.8 Å². The van der Waals surface area contributed by atoms with Crippen LogP contribution in [-0.2, 0) is 4.79 Å². The summed E-state index contributed by atoms with van der Waals surface area (Å²) in [6.45, 7) is 1.77. The number of carbonyl (C=O) groups excluding carboxylic acids is 2. The van der Waals surface area contributed by atoms with Gasteiger partial charge in [0.2, 0.25) is 5.91 Å². The standard InChI is InChI=1S/C16H14Cl2N2O2/c1-2-15(21)19-11-4-3-5-12(9-11)20-16(22)13-7-6-10(17)8-14(13)18/h3-9H,2H2,1H3,(H,19,21)(H,20,22). The Morgan fingerprint density at radius 1 is 1.00 bits per heavy atom. The lowest BCUT2D eigenvalue weighted by Gasteiger charge is -2.09. The second-order valence-electron chi connectivity index (χ2n) is 4.56. The largest absolute Gasteiger partial charge is 0.326 e. The van der Waals surface area contributed by atoms with E-state index in [4.69, 9.17) is 23.2 Å². The van der Waals surface area contributed by atoms with Crippen molar-refractivity contribution in [3.63, 3.8) is 0 Å². The van der Waals surface area contributed by atoms with E-state index < -0.39 is 0 Å². The van der Waals surface area contributed by atoms with Crippen LogP contribution in [0, 0.1) is 0 Å². The van der Waals surface area contributed by atoms with Gasteiger partial charge in [-0.1, -0.05) is 36.2 Å². The highest BCUT2D eigenvalue weighted by Gasteiger charge is 2.11. The minimum atomic E-state index is -0.347. The lowest BCUT2D eigenvalue weighted by Crippen LogP contribution is -2.13. The Balaban J connectivity index is 2.14. The van der Waals surface area contributed by atoms with Crippen molar-refractivity contribution in [2.45, 2.75) is 13.3 Å². The highest BCUT2D eigenvalue weighted by Crippen LogP contribution is 2.23. The van der Waals surface area contributed by atoms with Crippen LogP contribution in [0.3, 0.4) is 0 Å². The Bertz CT molecular complexity index is 717. The molecule has 0 bridgehead atoms. The molecule has 0 heterocycles. The monoisotopic (exact) mass is 336 g/mol. The number of rotatable bonds is 4. The van der Waals surface area contributed by atoms with Gasteiger partial charge in [-0.05, 0) is 36.4 Å². The molecule has 0 saturated heterocycles. The maximum Gasteiger partial charge on any atom is 0.257 e. The fraction of sp³-hybridized carbons (Fsp3) is 0.125. The Kier molecular flexibility index (Phi) is 5.41. The highest BCUT2D eigenvalue weighted by atomic mass is 35.5. The molecule has 0 radical (unpaired) electrons. The van der Waals surface area contributed by atoms with Crippen molar-refractivity contribution in [2.24, 2.45) is 0 Å². The van der Waals surface area contributed by atoms with Crippen LogP contribution in [0.2, 0.25) is 10.0 Å². The zero-order valence-corrected chi connectivity index (χ0v) is 13.3. The Labute approximate surface area is 138 Å². The van der Waals surface area contributed by atoms with E-state index in [1.54, 1.807) is 43.3 Å². The molecule has 2 rings (SSSR count). The molecule has 0 aromatic heterocycles. The first kappa shape index (κ1) is 16.3. The van der Waals surface area contributed by atoms with Gasteiger partial charge >= 0.3 is 0 Å². The van der Waals surface area contributed by atoms with E-state index in [2.05, 4.69) is 10.6 Å². The van der Waals surface area contributed by atoms with Crippen molar-refractivity contribution in [1.29, 1.82) is 0 Å². The summed E-state index contributed by atoms with van der Waals surface area (Å²) in [4.78, 5) is 23.6. The van der Waals surface area contributed by atoms with Crippen LogP contribution in [-0.4, -0.2) is 11.8 Å². The topological polar surface area (TPSA) is 58.2 Å². The Morgan fingerprint density at radius 2 is 1.68 bits per heavy atom. The molecular formula is C16H14Cl2N2O2. The summed E-state index contributed by atoms with van der Waals surface area (Å²) >= 11 is 11.8. The summed E-state index contributed by atoms with van der Waals surface area (Å²) in [5.41, 5.74) is 1.51. The lowest BCUT2D eigenvalue weighted by atomic mass is 10.2. The molecule has 0 aliphatic heterocycles. The molecule has 114 valence electrons. The average molecular weight is 337 g/mol. The SMILES string of the molecule is CCC(=O)Nc1cccc(NC(=O)c2ccc(Cl)cc2Cl)c1. The van der Waals surface area contributed by atoms with E-state index in [0.29, 0.717) is 28.4 Å². The molecule has 0 spiro atoms. The van der Waals surface area contributed by atoms with Gasteiger partial charge in [0.05, 0.1) is 10.6 Å². The molecule has 6 heteroatoms. The molecule has 2 amide bonds. The second kappa shape index (κ2) is 7.29. The average Bonchev–Trinajstić information content (AvgIpc) is 2.47. The van der Waals surface area contributed by atoms with Gasteiger partial charge in [-0.3, -0.25) is 9.59 Å². The van der Waals surface area contributed by atoms with E-state index in [9.17, 15) is 9.59 Å². The predicted octanol–water partition coefficient (Wildman–Crippen LogP) is 4.59. The van der Waals surface area contributed by atoms with Crippen LogP contribution in [0.5, 0.6) is 0 Å². The quantitative estimate of drug-likeness (QED) is 0.857. The number of benzene rings is 2. The van der Waals surface area contributed by atoms with Crippen LogP contribution in [0.25, 0.3) is 0 Å². The van der Waals surface area contributed by atoms with E-state index in [1.165, 1.54) is 6.07 Å². The van der Waals surface area contributed by atoms with Gasteiger partial charge in [-0.15, -0.1) is 0 Å². The second-order valence-corrected chi connectivity index (χ2v) is 5.40. The van der Waals surface area contributed by atoms with Crippen molar-refractivity contribution >= 4 is 46.4 Å². The first-order valence-corrected chi connectivity index (χ1v) is 7.41. The van der Waals surface area contributed by atoms with Crippen molar-refractivity contribution in [2.75, 3.05) is 10.6 Å². The van der Waals surface area contributed by atoms with E-state index in [0.717, 1.165) is 0 Å². The smallest absolute Gasteiger partial charge is 0.257 e. The molecular weight excluding hydrogens is 323 g/mol. The number of hydrogen-bond donors (Lipinski definition) is 2. The van der Waals surface area contributed by atoms with Crippen LogP contribution in [0.15, 0.2) is 42.5 Å². The maximum atomic E-state index is 12.2. The number of hydrogen-bond acceptors (Lipinski definition) is 2. The Morgan fingerprint density at radius 3 is 2.32 bits per heavy atom. The number of carbonyl (C=O) groups is 2. The molecule has 2 aromatic rings. The normalized spacial score (nSPS) is 10.1. The molecule has 0 unspecified atom stereocenters. The first-order chi connectivity index (χ1) is 10.5. The van der Waals surface area contributed by atoms with Crippen LogP contribution < -0.4 is 10.6 Å². The van der Waals surface area contributed by atoms with Crippen molar-refractivity contribution in [1.82, 2.24) is 0 Å². The van der Waals surface area contributed by atoms with Gasteiger partial charge in [0.15, 0.2) is 0 Å². The third-order valence-corrected chi connectivity index (χ3v) is 3.45. The zero-order valence-electron chi connectivity index (χ0n) is 11.8. The summed E-state index contributed by atoms with van der Waals surface area (Å²) in [6, 6.07) is 11.6. The van der Waals surface area contributed by atoms with Crippen molar-refractivity contribution < 1.29 is 9.59 Å². The lowest BCUT2D eigenvalue weighted by molar-refractivity contribution is -0.115. The third-order valence-electron chi connectivity index (χ3n) is 2.90. The first-order valence-electron chi connectivity index (χ1n) is 6.66. The molecule has 0 atom stereocenters. The number of anilines is 2. The predicted molar refractivity (Wildman–Crippen MR) is 89.8 cm³/mol. The van der Waals surface area contributed by atoms with Gasteiger partial charge in [-0.2, -0.15) is 0 Å². The molecule has 0 saturated carbocycles. The fourth-order valence-electron chi connectivity index (χ4n) is 1.80. The minimum absolute atomic E-state index is 0.0933. The van der Waals surface area contributed by atoms with Crippen molar-refractivity contribution in [3.8, 4) is 0 Å². The summed E-state index contributed by atoms with van der Waals surface area (Å²) in [6.07, 6.45) is 0.386. The summed E-state index contributed by atoms with van der Waals surface area (Å²) < 4.78 is 0. The Hall–Kier alpha value is -2.04. The maximum absolute atomic E-state index is 12.2. The zero-order chi connectivity index (χ0) is 16.1. The molecule has 0 aliphatic rings. The molecule has 0 fully saturated rings. The molecule has 0 aliphatic carbocycles. The highest BCUT2D eigenvalue weighted by molar-refractivity contribution is 6.37. The van der Waals surface area contributed by atoms with Gasteiger partial charge in [0, 0.05) is 22.8 Å². The molecule has 4 nitrogen and oxygen atoms in total. The number of amides is 2. The van der Waals surface area contributed by atoms with Crippen LogP contribution in [0.4, 0.5) is 11.4 Å². The van der Waals surface area contributed by atoms with Gasteiger partial charge in [-0.25, -0.2) is 0 Å². The summed E-state index contributed by atoms with van der Waals surface area (Å²) in [7, 11) is 0. The van der Waals surface area contributed by atoms with Crippen LogP contribution >= 0.6 is 23.2 Å². The fourth-order valence-corrected chi connectivity index (χ4v) is 2.29. The molecule has 2 N–H and O–H groups in total.